The van der Waals surface area contributed by atoms with E-state index in [2.05, 4.69) is 25.9 Å². The lowest BCUT2D eigenvalue weighted by Gasteiger charge is -2.34. The number of hydrogen-bond donors (Lipinski definition) is 0. The first kappa shape index (κ1) is 17.6. The van der Waals surface area contributed by atoms with E-state index in [1.54, 1.807) is 18.2 Å². The Bertz CT molecular complexity index is 702. The van der Waals surface area contributed by atoms with Gasteiger partial charge in [-0.1, -0.05) is 49.1 Å². The highest BCUT2D eigenvalue weighted by molar-refractivity contribution is 6.35. The molecule has 24 heavy (non-hydrogen) atoms. The van der Waals surface area contributed by atoms with Gasteiger partial charge in [-0.2, -0.15) is 0 Å². The van der Waals surface area contributed by atoms with Gasteiger partial charge >= 0.3 is 5.97 Å². The summed E-state index contributed by atoms with van der Waals surface area (Å²) in [5.41, 5.74) is 1.20. The summed E-state index contributed by atoms with van der Waals surface area (Å²) in [6, 6.07) is 4.82. The second kappa shape index (κ2) is 6.23. The molecular formula is C18H21Cl2NO3. The Labute approximate surface area is 152 Å². The van der Waals surface area contributed by atoms with Crippen LogP contribution in [0.15, 0.2) is 23.4 Å². The van der Waals surface area contributed by atoms with Crippen LogP contribution < -0.4 is 4.74 Å². The Morgan fingerprint density at radius 2 is 2.08 bits per heavy atom. The summed E-state index contributed by atoms with van der Waals surface area (Å²) in [4.78, 5) is 17.0. The number of oxime groups is 1. The third-order valence-corrected chi connectivity index (χ3v) is 6.54. The SMILES string of the molecule is CC1(C)[C@H]2CC[C@]1(C)/C(=N\OC(=O)COc1ccc(Cl)cc1Cl)C2. The molecular weight excluding hydrogens is 349 g/mol. The van der Waals surface area contributed by atoms with E-state index in [-0.39, 0.29) is 17.4 Å². The van der Waals surface area contributed by atoms with Gasteiger partial charge in [0.2, 0.25) is 0 Å². The fraction of sp³-hybridized carbons (Fsp3) is 0.556. The number of halogens is 2. The van der Waals surface area contributed by atoms with Gasteiger partial charge in [0.1, 0.15) is 5.75 Å². The van der Waals surface area contributed by atoms with Crippen LogP contribution in [0.5, 0.6) is 5.75 Å². The van der Waals surface area contributed by atoms with E-state index in [0.717, 1.165) is 18.6 Å². The maximum absolute atomic E-state index is 11.9. The smallest absolute Gasteiger partial charge is 0.372 e. The molecule has 0 saturated heterocycles. The van der Waals surface area contributed by atoms with Crippen LogP contribution in [0.25, 0.3) is 0 Å². The molecule has 2 bridgehead atoms. The van der Waals surface area contributed by atoms with E-state index in [1.165, 1.54) is 6.42 Å². The summed E-state index contributed by atoms with van der Waals surface area (Å²) < 4.78 is 5.36. The maximum Gasteiger partial charge on any atom is 0.372 e. The minimum atomic E-state index is -0.544. The molecule has 2 fully saturated rings. The van der Waals surface area contributed by atoms with Gasteiger partial charge in [0.25, 0.3) is 0 Å². The molecule has 0 aromatic heterocycles. The zero-order chi connectivity index (χ0) is 17.5. The normalized spacial score (nSPS) is 29.0. The number of nitrogens with zero attached hydrogens (tertiary/aromatic N) is 1. The minimum absolute atomic E-state index is 0.0122. The van der Waals surface area contributed by atoms with E-state index in [9.17, 15) is 4.79 Å². The molecule has 2 aliphatic carbocycles. The average Bonchev–Trinajstić information content (AvgIpc) is 2.85. The van der Waals surface area contributed by atoms with Crippen molar-refractivity contribution in [3.05, 3.63) is 28.2 Å². The van der Waals surface area contributed by atoms with Crippen LogP contribution in [0, 0.1) is 16.7 Å². The number of ether oxygens (including phenoxy) is 1. The lowest BCUT2D eigenvalue weighted by molar-refractivity contribution is -0.146. The molecule has 1 aromatic rings. The molecule has 0 aliphatic heterocycles. The van der Waals surface area contributed by atoms with Crippen LogP contribution in [-0.2, 0) is 9.63 Å². The summed E-state index contributed by atoms with van der Waals surface area (Å²) in [7, 11) is 0. The van der Waals surface area contributed by atoms with Crippen LogP contribution >= 0.6 is 23.2 Å². The van der Waals surface area contributed by atoms with Crippen LogP contribution in [0.2, 0.25) is 10.0 Å². The van der Waals surface area contributed by atoms with Crippen molar-refractivity contribution < 1.29 is 14.4 Å². The third kappa shape index (κ3) is 2.91. The molecule has 0 amide bonds. The Morgan fingerprint density at radius 1 is 1.33 bits per heavy atom. The van der Waals surface area contributed by atoms with E-state index in [0.29, 0.717) is 21.7 Å². The standard InChI is InChI=1S/C18H21Cl2NO3/c1-17(2)11-6-7-18(17,3)15(8-11)21-24-16(22)10-23-14-5-4-12(19)9-13(14)20/h4-5,9,11H,6-8,10H2,1-3H3/b21-15-/t11-,18+/m0/s1. The zero-order valence-corrected chi connectivity index (χ0v) is 15.6. The van der Waals surface area contributed by atoms with E-state index in [1.807, 2.05) is 0 Å². The van der Waals surface area contributed by atoms with Crippen LogP contribution in [-0.4, -0.2) is 18.3 Å². The van der Waals surface area contributed by atoms with Gasteiger partial charge in [-0.3, -0.25) is 0 Å². The number of carbonyl (C=O) groups is 1. The van der Waals surface area contributed by atoms with Crippen molar-refractivity contribution in [2.24, 2.45) is 21.9 Å². The molecule has 2 atom stereocenters. The third-order valence-electron chi connectivity index (χ3n) is 6.01. The zero-order valence-electron chi connectivity index (χ0n) is 14.1. The number of benzene rings is 1. The molecule has 4 nitrogen and oxygen atoms in total. The monoisotopic (exact) mass is 369 g/mol. The second-order valence-corrected chi connectivity index (χ2v) is 8.20. The molecule has 1 aromatic carbocycles. The second-order valence-electron chi connectivity index (χ2n) is 7.36. The van der Waals surface area contributed by atoms with Crippen LogP contribution in [0.1, 0.15) is 40.0 Å². The number of fused-ring (bicyclic) bond motifs is 2. The Balaban J connectivity index is 1.58. The lowest BCUT2D eigenvalue weighted by atomic mass is 9.70. The fourth-order valence-corrected chi connectivity index (χ4v) is 4.39. The van der Waals surface area contributed by atoms with Crippen molar-refractivity contribution in [1.82, 2.24) is 0 Å². The van der Waals surface area contributed by atoms with Crippen molar-refractivity contribution >= 4 is 34.9 Å². The van der Waals surface area contributed by atoms with Crippen molar-refractivity contribution in [1.29, 1.82) is 0 Å². The minimum Gasteiger partial charge on any atom is -0.480 e. The Kier molecular flexibility index (Phi) is 4.56. The molecule has 0 spiro atoms. The molecule has 6 heteroatoms. The largest absolute Gasteiger partial charge is 0.480 e. The first-order valence-corrected chi connectivity index (χ1v) is 8.84. The number of rotatable bonds is 4. The molecule has 2 saturated carbocycles. The van der Waals surface area contributed by atoms with Crippen molar-refractivity contribution in [2.45, 2.75) is 40.0 Å². The predicted octanol–water partition coefficient (Wildman–Crippen LogP) is 5.12. The molecule has 0 N–H and O–H groups in total. The number of carbonyl (C=O) groups excluding carboxylic acids is 1. The van der Waals surface area contributed by atoms with Gasteiger partial charge in [-0.25, -0.2) is 4.79 Å². The van der Waals surface area contributed by atoms with Crippen LogP contribution in [0.3, 0.4) is 0 Å². The average molecular weight is 370 g/mol. The van der Waals surface area contributed by atoms with Gasteiger partial charge in [-0.05, 0) is 48.8 Å². The topological polar surface area (TPSA) is 47.9 Å². The highest BCUT2D eigenvalue weighted by Gasteiger charge is 2.60. The first-order chi connectivity index (χ1) is 11.2. The summed E-state index contributed by atoms with van der Waals surface area (Å²) >= 11 is 11.8. The van der Waals surface area contributed by atoms with Gasteiger partial charge in [0.05, 0.1) is 10.7 Å². The summed E-state index contributed by atoms with van der Waals surface area (Å²) in [5.74, 6) is 0.459. The quantitative estimate of drug-likeness (QED) is 0.546. The molecule has 3 rings (SSSR count). The van der Waals surface area contributed by atoms with Crippen LogP contribution in [0.4, 0.5) is 0 Å². The van der Waals surface area contributed by atoms with Gasteiger partial charge in [0, 0.05) is 10.4 Å². The van der Waals surface area contributed by atoms with E-state index in [4.69, 9.17) is 32.8 Å². The molecule has 0 unspecified atom stereocenters. The van der Waals surface area contributed by atoms with E-state index >= 15 is 0 Å². The molecule has 130 valence electrons. The Morgan fingerprint density at radius 3 is 2.67 bits per heavy atom. The summed E-state index contributed by atoms with van der Waals surface area (Å²) in [5, 5.41) is 5.01. The van der Waals surface area contributed by atoms with Crippen molar-refractivity contribution in [3.63, 3.8) is 0 Å². The summed E-state index contributed by atoms with van der Waals surface area (Å²) in [6.45, 7) is 6.53. The highest BCUT2D eigenvalue weighted by Crippen LogP contribution is 2.63. The number of hydrogen-bond acceptors (Lipinski definition) is 4. The van der Waals surface area contributed by atoms with Crippen molar-refractivity contribution in [3.8, 4) is 5.75 Å². The summed E-state index contributed by atoms with van der Waals surface area (Å²) in [6.07, 6.45) is 3.22. The van der Waals surface area contributed by atoms with Gasteiger partial charge < -0.3 is 9.57 Å². The first-order valence-electron chi connectivity index (χ1n) is 8.09. The molecule has 0 radical (unpaired) electrons. The lowest BCUT2D eigenvalue weighted by Crippen LogP contribution is -2.32. The van der Waals surface area contributed by atoms with Gasteiger partial charge in [0.15, 0.2) is 6.61 Å². The molecule has 2 aliphatic rings. The van der Waals surface area contributed by atoms with Crippen molar-refractivity contribution in [2.75, 3.05) is 6.61 Å². The fourth-order valence-electron chi connectivity index (χ4n) is 3.93. The van der Waals surface area contributed by atoms with E-state index < -0.39 is 5.97 Å². The molecule has 0 heterocycles. The van der Waals surface area contributed by atoms with Gasteiger partial charge in [-0.15, -0.1) is 0 Å². The maximum atomic E-state index is 11.9. The highest BCUT2D eigenvalue weighted by atomic mass is 35.5. The predicted molar refractivity (Wildman–Crippen MR) is 94.7 cm³/mol. The Hall–Kier alpha value is -1.26.